The lowest BCUT2D eigenvalue weighted by atomic mass is 9.80. The first-order valence-corrected chi connectivity index (χ1v) is 19.6. The molecule has 0 bridgehead atoms. The number of esters is 3. The first-order chi connectivity index (χ1) is 29.2. The van der Waals surface area contributed by atoms with Gasteiger partial charge in [-0.2, -0.15) is 0 Å². The van der Waals surface area contributed by atoms with E-state index in [2.05, 4.69) is 23.8 Å². The number of hydrogen-bond donors (Lipinski definition) is 2. The fourth-order valence-electron chi connectivity index (χ4n) is 7.18. The van der Waals surface area contributed by atoms with Crippen LogP contribution < -0.4 is 10.6 Å². The van der Waals surface area contributed by atoms with Crippen molar-refractivity contribution in [3.63, 3.8) is 0 Å². The molecule has 0 spiro atoms. The minimum absolute atomic E-state index is 0.0810. The number of amides is 2. The Bertz CT molecular complexity index is 2270. The molecule has 0 saturated carbocycles. The van der Waals surface area contributed by atoms with Gasteiger partial charge in [-0.15, -0.1) is 0 Å². The van der Waals surface area contributed by atoms with E-state index < -0.39 is 60.4 Å². The van der Waals surface area contributed by atoms with Gasteiger partial charge >= 0.3 is 24.0 Å². The highest BCUT2D eigenvalue weighted by Crippen LogP contribution is 2.45. The van der Waals surface area contributed by atoms with Crippen molar-refractivity contribution < 1.29 is 42.9 Å². The molecule has 12 heteroatoms. The predicted octanol–water partition coefficient (Wildman–Crippen LogP) is 7.81. The molecular formula is C48H43ClN2O9. The second-order valence-corrected chi connectivity index (χ2v) is 14.2. The van der Waals surface area contributed by atoms with Crippen LogP contribution in [0.15, 0.2) is 159 Å². The van der Waals surface area contributed by atoms with Crippen LogP contribution in [0.3, 0.4) is 0 Å². The van der Waals surface area contributed by atoms with Crippen LogP contribution in [0.4, 0.5) is 4.79 Å². The van der Waals surface area contributed by atoms with Crippen LogP contribution in [0.2, 0.25) is 5.02 Å². The fraction of sp³-hybridized carbons (Fsp3) is 0.188. The fourth-order valence-corrected chi connectivity index (χ4v) is 7.45. The molecule has 2 amide bonds. The van der Waals surface area contributed by atoms with Gasteiger partial charge in [0.05, 0.1) is 12.8 Å². The summed E-state index contributed by atoms with van der Waals surface area (Å²) in [6, 6.07) is 36.8. The normalized spacial score (nSPS) is 12.7. The molecule has 306 valence electrons. The quantitative estimate of drug-likeness (QED) is 0.0391. The van der Waals surface area contributed by atoms with E-state index in [-0.39, 0.29) is 30.8 Å². The first kappa shape index (κ1) is 42.6. The monoisotopic (exact) mass is 826 g/mol. The minimum Gasteiger partial charge on any atom is -0.461 e. The maximum absolute atomic E-state index is 14.7. The van der Waals surface area contributed by atoms with Gasteiger partial charge in [-0.3, -0.25) is 14.4 Å². The third-order valence-electron chi connectivity index (χ3n) is 9.89. The molecule has 60 heavy (non-hydrogen) atoms. The van der Waals surface area contributed by atoms with Gasteiger partial charge in [0.25, 0.3) is 0 Å². The number of carbonyl (C=O) groups is 5. The summed E-state index contributed by atoms with van der Waals surface area (Å²) in [5, 5.41) is 5.27. The van der Waals surface area contributed by atoms with E-state index in [1.54, 1.807) is 84.9 Å². The third kappa shape index (κ3) is 9.82. The van der Waals surface area contributed by atoms with Crippen molar-refractivity contribution in [1.82, 2.24) is 10.6 Å². The molecule has 0 aliphatic heterocycles. The Hall–Kier alpha value is -6.98. The van der Waals surface area contributed by atoms with Gasteiger partial charge in [0.15, 0.2) is 5.60 Å². The number of halogens is 1. The summed E-state index contributed by atoms with van der Waals surface area (Å²) >= 11 is 6.84. The zero-order valence-electron chi connectivity index (χ0n) is 32.6. The van der Waals surface area contributed by atoms with E-state index in [9.17, 15) is 24.0 Å². The van der Waals surface area contributed by atoms with Crippen LogP contribution in [0.5, 0.6) is 0 Å². The van der Waals surface area contributed by atoms with E-state index in [1.807, 2.05) is 48.5 Å². The van der Waals surface area contributed by atoms with Gasteiger partial charge < -0.3 is 29.6 Å². The van der Waals surface area contributed by atoms with Crippen LogP contribution in [-0.2, 0) is 43.7 Å². The largest absolute Gasteiger partial charge is 0.461 e. The Morgan fingerprint density at radius 3 is 1.63 bits per heavy atom. The highest BCUT2D eigenvalue weighted by atomic mass is 35.5. The van der Waals surface area contributed by atoms with Crippen LogP contribution in [0.1, 0.15) is 46.6 Å². The number of nitrogens with one attached hydrogen (secondary N) is 2. The van der Waals surface area contributed by atoms with Gasteiger partial charge in [-0.1, -0.05) is 164 Å². The molecule has 0 unspecified atom stereocenters. The zero-order chi connectivity index (χ0) is 42.5. The van der Waals surface area contributed by atoms with E-state index in [0.29, 0.717) is 16.7 Å². The molecule has 5 aromatic rings. The second-order valence-electron chi connectivity index (χ2n) is 13.7. The predicted molar refractivity (Wildman–Crippen MR) is 226 cm³/mol. The molecule has 6 rings (SSSR count). The summed E-state index contributed by atoms with van der Waals surface area (Å²) in [6.45, 7) is 6.69. The highest BCUT2D eigenvalue weighted by Gasteiger charge is 2.44. The van der Waals surface area contributed by atoms with Crippen molar-refractivity contribution >= 4 is 41.5 Å². The summed E-state index contributed by atoms with van der Waals surface area (Å²) in [7, 11) is 0. The molecule has 0 fully saturated rings. The number of hydrogen-bond acceptors (Lipinski definition) is 9. The van der Waals surface area contributed by atoms with Gasteiger partial charge in [0.1, 0.15) is 31.9 Å². The topological polar surface area (TPSA) is 146 Å². The number of alkyl carbamates (subject to hydrolysis) is 1. The van der Waals surface area contributed by atoms with Gasteiger partial charge in [-0.05, 0) is 28.3 Å². The number of carbonyl (C=O) groups excluding carboxylic acids is 5. The summed E-state index contributed by atoms with van der Waals surface area (Å²) in [4.78, 5) is 68.4. The molecular weight excluding hydrogens is 784 g/mol. The van der Waals surface area contributed by atoms with Crippen molar-refractivity contribution in [2.45, 2.75) is 36.4 Å². The lowest BCUT2D eigenvalue weighted by Crippen LogP contribution is -2.54. The van der Waals surface area contributed by atoms with Gasteiger partial charge in [-0.25, -0.2) is 9.59 Å². The van der Waals surface area contributed by atoms with E-state index in [4.69, 9.17) is 30.5 Å². The number of ether oxygens (including phenoxy) is 4. The Morgan fingerprint density at radius 1 is 0.617 bits per heavy atom. The maximum Gasteiger partial charge on any atom is 0.407 e. The molecule has 2 atom stereocenters. The van der Waals surface area contributed by atoms with Crippen molar-refractivity contribution in [3.05, 3.63) is 192 Å². The Labute approximate surface area is 353 Å². The molecule has 0 aromatic heterocycles. The third-order valence-corrected chi connectivity index (χ3v) is 10.2. The summed E-state index contributed by atoms with van der Waals surface area (Å²) in [5.41, 5.74) is 3.71. The minimum atomic E-state index is -1.71. The SMILES string of the molecule is C=CCOC(=O)C[C@@H](NC(=O)OCC1c2ccccc2-c2ccccc21)C(=O)N[C@H](CC(=O)OCC=C)C(=O)OC(c1ccccc1)(c1ccccc1)c1ccccc1Cl. The molecule has 1 aliphatic carbocycles. The zero-order valence-corrected chi connectivity index (χ0v) is 33.3. The second kappa shape index (κ2) is 20.1. The Morgan fingerprint density at radius 2 is 1.10 bits per heavy atom. The Kier molecular flexibility index (Phi) is 14.3. The number of rotatable bonds is 18. The van der Waals surface area contributed by atoms with Crippen LogP contribution in [0, 0.1) is 0 Å². The lowest BCUT2D eigenvalue weighted by Gasteiger charge is -2.37. The average Bonchev–Trinajstić information content (AvgIpc) is 3.59. The molecule has 1 aliphatic rings. The molecule has 0 radical (unpaired) electrons. The molecule has 11 nitrogen and oxygen atoms in total. The van der Waals surface area contributed by atoms with E-state index in [1.165, 1.54) is 12.2 Å². The smallest absolute Gasteiger partial charge is 0.407 e. The lowest BCUT2D eigenvalue weighted by molar-refractivity contribution is -0.160. The van der Waals surface area contributed by atoms with Crippen molar-refractivity contribution in [1.29, 1.82) is 0 Å². The average molecular weight is 827 g/mol. The highest BCUT2D eigenvalue weighted by molar-refractivity contribution is 6.31. The number of benzene rings is 5. The van der Waals surface area contributed by atoms with Crippen LogP contribution >= 0.6 is 11.6 Å². The van der Waals surface area contributed by atoms with Crippen LogP contribution in [0.25, 0.3) is 11.1 Å². The maximum atomic E-state index is 14.7. The van der Waals surface area contributed by atoms with Crippen molar-refractivity contribution in [2.24, 2.45) is 0 Å². The molecule has 2 N–H and O–H groups in total. The summed E-state index contributed by atoms with van der Waals surface area (Å²) < 4.78 is 22.5. The van der Waals surface area contributed by atoms with Crippen molar-refractivity contribution in [2.75, 3.05) is 19.8 Å². The molecule has 0 saturated heterocycles. The van der Waals surface area contributed by atoms with E-state index in [0.717, 1.165) is 22.3 Å². The molecule has 0 heterocycles. The van der Waals surface area contributed by atoms with Crippen LogP contribution in [-0.4, -0.2) is 61.8 Å². The van der Waals surface area contributed by atoms with Gasteiger partial charge in [0.2, 0.25) is 5.91 Å². The number of fused-ring (bicyclic) bond motifs is 3. The molecule has 5 aromatic carbocycles. The van der Waals surface area contributed by atoms with E-state index >= 15 is 0 Å². The summed E-state index contributed by atoms with van der Waals surface area (Å²) in [5.74, 6) is -4.09. The van der Waals surface area contributed by atoms with Gasteiger partial charge in [0, 0.05) is 27.6 Å². The standard InChI is InChI=1S/C48H43ClN2O9/c1-3-27-57-43(52)29-41(51-47(56)59-31-38-36-23-13-11-21-34(36)35-22-12-14-24-37(35)38)45(54)50-42(30-44(53)58-28-4-2)46(55)60-48(32-17-7-5-8-18-32,33-19-9-6-10-20-33)39-25-15-16-26-40(39)49/h3-26,38,41-42H,1-2,27-31H2,(H,50,54)(H,51,56)/t41-,42-/m1/s1. The first-order valence-electron chi connectivity index (χ1n) is 19.2. The summed E-state index contributed by atoms with van der Waals surface area (Å²) in [6.07, 6.45) is 0.324. The van der Waals surface area contributed by atoms with Crippen molar-refractivity contribution in [3.8, 4) is 11.1 Å². The Balaban J connectivity index is 1.30.